The topological polar surface area (TPSA) is 75.7 Å². The molecule has 0 radical (unpaired) electrons. The number of aryl methyl sites for hydroxylation is 1. The second-order valence-corrected chi connectivity index (χ2v) is 9.32. The van der Waals surface area contributed by atoms with E-state index >= 15 is 0 Å². The van der Waals surface area contributed by atoms with Crippen molar-refractivity contribution in [3.8, 4) is 5.75 Å². The molecule has 6 nitrogen and oxygen atoms in total. The summed E-state index contributed by atoms with van der Waals surface area (Å²) >= 11 is 0. The van der Waals surface area contributed by atoms with Gasteiger partial charge in [0.05, 0.1) is 19.1 Å². The zero-order chi connectivity index (χ0) is 20.0. The van der Waals surface area contributed by atoms with Gasteiger partial charge in [-0.25, -0.2) is 8.42 Å². The average molecular weight is 397 g/mol. The zero-order valence-corrected chi connectivity index (χ0v) is 17.6. The molecule has 1 unspecified atom stereocenters. The minimum absolute atomic E-state index is 0.112. The Kier molecular flexibility index (Phi) is 7.53. The lowest BCUT2D eigenvalue weighted by Gasteiger charge is -2.31. The van der Waals surface area contributed by atoms with Crippen LogP contribution < -0.4 is 14.4 Å². The Balaban J connectivity index is 2.26. The number of hydrogen-bond acceptors (Lipinski definition) is 4. The summed E-state index contributed by atoms with van der Waals surface area (Å²) in [4.78, 5) is 12.9. The second-order valence-electron chi connectivity index (χ2n) is 7.46. The van der Waals surface area contributed by atoms with Gasteiger partial charge >= 0.3 is 0 Å². The Hall–Kier alpha value is -1.76. The zero-order valence-electron chi connectivity index (χ0n) is 16.8. The second kappa shape index (κ2) is 9.44. The normalized spacial score (nSPS) is 17.5. The van der Waals surface area contributed by atoms with Crippen molar-refractivity contribution >= 4 is 21.6 Å². The van der Waals surface area contributed by atoms with Gasteiger partial charge in [-0.05, 0) is 44.4 Å². The maximum atomic E-state index is 12.9. The summed E-state index contributed by atoms with van der Waals surface area (Å²) in [6, 6.07) is 4.56. The molecule has 1 N–H and O–H groups in total. The van der Waals surface area contributed by atoms with Gasteiger partial charge in [-0.2, -0.15) is 0 Å². The van der Waals surface area contributed by atoms with E-state index in [-0.39, 0.29) is 11.9 Å². The number of benzene rings is 1. The lowest BCUT2D eigenvalue weighted by molar-refractivity contribution is -0.122. The monoisotopic (exact) mass is 396 g/mol. The molecule has 0 spiro atoms. The number of carbonyl (C=O) groups excluding carboxylic acids is 1. The van der Waals surface area contributed by atoms with Crippen LogP contribution in [-0.4, -0.2) is 39.8 Å². The molecule has 1 fully saturated rings. The van der Waals surface area contributed by atoms with Gasteiger partial charge in [0.25, 0.3) is 0 Å². The SMILES string of the molecule is COc1ccc(C)cc1N(C(C)C(=O)NC1CCCCCCC1)S(C)(=O)=O. The first-order valence-electron chi connectivity index (χ1n) is 9.68. The van der Waals surface area contributed by atoms with Crippen LogP contribution in [0, 0.1) is 6.92 Å². The van der Waals surface area contributed by atoms with Gasteiger partial charge in [0.1, 0.15) is 11.8 Å². The third kappa shape index (κ3) is 5.86. The van der Waals surface area contributed by atoms with E-state index in [9.17, 15) is 13.2 Å². The number of amides is 1. The molecule has 1 aliphatic rings. The number of carbonyl (C=O) groups is 1. The highest BCUT2D eigenvalue weighted by Gasteiger charge is 2.32. The van der Waals surface area contributed by atoms with Gasteiger partial charge in [0.2, 0.25) is 15.9 Å². The maximum absolute atomic E-state index is 12.9. The van der Waals surface area contributed by atoms with Gasteiger partial charge in [0, 0.05) is 6.04 Å². The lowest BCUT2D eigenvalue weighted by Crippen LogP contribution is -2.50. The highest BCUT2D eigenvalue weighted by atomic mass is 32.2. The van der Waals surface area contributed by atoms with Crippen molar-refractivity contribution in [2.45, 2.75) is 70.9 Å². The molecule has 0 heterocycles. The minimum atomic E-state index is -3.67. The van der Waals surface area contributed by atoms with Crippen LogP contribution in [0.15, 0.2) is 18.2 Å². The van der Waals surface area contributed by atoms with E-state index in [1.807, 2.05) is 13.0 Å². The Morgan fingerprint density at radius 2 is 1.78 bits per heavy atom. The number of sulfonamides is 1. The quantitative estimate of drug-likeness (QED) is 0.800. The Bertz CT molecular complexity index is 740. The summed E-state index contributed by atoms with van der Waals surface area (Å²) in [5, 5.41) is 3.07. The van der Waals surface area contributed by atoms with Crippen LogP contribution in [0.4, 0.5) is 5.69 Å². The predicted octanol–water partition coefficient (Wildman–Crippen LogP) is 3.39. The molecule has 1 saturated carbocycles. The fraction of sp³-hybridized carbons (Fsp3) is 0.650. The van der Waals surface area contributed by atoms with Gasteiger partial charge in [0.15, 0.2) is 0 Å². The molecule has 27 heavy (non-hydrogen) atoms. The standard InChI is InChI=1S/C20H32N2O4S/c1-15-12-13-19(26-3)18(14-15)22(27(4,24)25)16(2)20(23)21-17-10-8-6-5-7-9-11-17/h12-14,16-17H,5-11H2,1-4H3,(H,21,23). The van der Waals surface area contributed by atoms with Crippen LogP contribution >= 0.6 is 0 Å². The summed E-state index contributed by atoms with van der Waals surface area (Å²) in [5.74, 6) is 0.159. The largest absolute Gasteiger partial charge is 0.495 e. The first-order chi connectivity index (χ1) is 12.7. The van der Waals surface area contributed by atoms with Crippen LogP contribution in [0.3, 0.4) is 0 Å². The fourth-order valence-electron chi connectivity index (χ4n) is 3.68. The molecular formula is C20H32N2O4S. The van der Waals surface area contributed by atoms with Crippen LogP contribution in [0.25, 0.3) is 0 Å². The molecule has 0 aromatic heterocycles. The molecule has 1 atom stereocenters. The Morgan fingerprint density at radius 3 is 2.33 bits per heavy atom. The molecule has 1 aliphatic carbocycles. The van der Waals surface area contributed by atoms with E-state index in [4.69, 9.17) is 4.74 Å². The van der Waals surface area contributed by atoms with Gasteiger partial charge in [-0.15, -0.1) is 0 Å². The molecule has 1 aromatic carbocycles. The number of nitrogens with zero attached hydrogens (tertiary/aromatic N) is 1. The smallest absolute Gasteiger partial charge is 0.243 e. The molecule has 7 heteroatoms. The van der Waals surface area contributed by atoms with Gasteiger partial charge < -0.3 is 10.1 Å². The van der Waals surface area contributed by atoms with Crippen molar-refractivity contribution in [1.29, 1.82) is 0 Å². The molecule has 0 aliphatic heterocycles. The average Bonchev–Trinajstić information content (AvgIpc) is 2.56. The van der Waals surface area contributed by atoms with E-state index in [2.05, 4.69) is 5.32 Å². The number of hydrogen-bond donors (Lipinski definition) is 1. The van der Waals surface area contributed by atoms with E-state index in [1.54, 1.807) is 19.1 Å². The summed E-state index contributed by atoms with van der Waals surface area (Å²) in [7, 11) is -2.18. The number of nitrogens with one attached hydrogen (secondary N) is 1. The van der Waals surface area contributed by atoms with E-state index < -0.39 is 16.1 Å². The van der Waals surface area contributed by atoms with Crippen LogP contribution in [0.1, 0.15) is 57.4 Å². The number of rotatable bonds is 6. The van der Waals surface area contributed by atoms with E-state index in [0.717, 1.165) is 41.8 Å². The van der Waals surface area contributed by atoms with E-state index in [0.29, 0.717) is 11.4 Å². The van der Waals surface area contributed by atoms with Crippen molar-refractivity contribution in [2.75, 3.05) is 17.7 Å². The summed E-state index contributed by atoms with van der Waals surface area (Å²) in [6.07, 6.45) is 8.86. The highest BCUT2D eigenvalue weighted by Crippen LogP contribution is 2.32. The van der Waals surface area contributed by atoms with Gasteiger partial charge in [-0.3, -0.25) is 9.10 Å². The highest BCUT2D eigenvalue weighted by molar-refractivity contribution is 7.92. The Labute approximate surface area is 163 Å². The predicted molar refractivity (Wildman–Crippen MR) is 109 cm³/mol. The molecular weight excluding hydrogens is 364 g/mol. The first kappa shape index (κ1) is 21.5. The third-order valence-corrected chi connectivity index (χ3v) is 6.34. The van der Waals surface area contributed by atoms with Crippen LogP contribution in [0.2, 0.25) is 0 Å². The Morgan fingerprint density at radius 1 is 1.19 bits per heavy atom. The van der Waals surface area contributed by atoms with Crippen LogP contribution in [0.5, 0.6) is 5.75 Å². The van der Waals surface area contributed by atoms with E-state index in [1.165, 1.54) is 26.4 Å². The molecule has 1 amide bonds. The molecule has 152 valence electrons. The molecule has 0 bridgehead atoms. The molecule has 0 saturated heterocycles. The van der Waals surface area contributed by atoms with Crippen LogP contribution in [-0.2, 0) is 14.8 Å². The molecule has 2 rings (SSSR count). The molecule has 1 aromatic rings. The lowest BCUT2D eigenvalue weighted by atomic mass is 9.96. The maximum Gasteiger partial charge on any atom is 0.243 e. The van der Waals surface area contributed by atoms with Crippen molar-refractivity contribution in [2.24, 2.45) is 0 Å². The number of anilines is 1. The first-order valence-corrected chi connectivity index (χ1v) is 11.5. The van der Waals surface area contributed by atoms with Crippen molar-refractivity contribution in [3.05, 3.63) is 23.8 Å². The minimum Gasteiger partial charge on any atom is -0.495 e. The fourth-order valence-corrected chi connectivity index (χ4v) is 4.85. The van der Waals surface area contributed by atoms with Crippen molar-refractivity contribution in [3.63, 3.8) is 0 Å². The third-order valence-electron chi connectivity index (χ3n) is 5.11. The van der Waals surface area contributed by atoms with Crippen molar-refractivity contribution < 1.29 is 17.9 Å². The van der Waals surface area contributed by atoms with Crippen molar-refractivity contribution in [1.82, 2.24) is 5.32 Å². The number of ether oxygens (including phenoxy) is 1. The van der Waals surface area contributed by atoms with Gasteiger partial charge in [-0.1, -0.05) is 38.2 Å². The summed E-state index contributed by atoms with van der Waals surface area (Å²) in [6.45, 7) is 3.50. The summed E-state index contributed by atoms with van der Waals surface area (Å²) < 4.78 is 31.6. The number of methoxy groups -OCH3 is 1. The summed E-state index contributed by atoms with van der Waals surface area (Å²) in [5.41, 5.74) is 1.28.